The van der Waals surface area contributed by atoms with E-state index in [9.17, 15) is 23.3 Å². The maximum atomic E-state index is 12.1. The summed E-state index contributed by atoms with van der Waals surface area (Å²) in [5.41, 5.74) is -1.31. The molecule has 0 aliphatic carbocycles. The third-order valence-corrected chi connectivity index (χ3v) is 4.13. The van der Waals surface area contributed by atoms with Gasteiger partial charge in [0.1, 0.15) is 5.56 Å². The van der Waals surface area contributed by atoms with Gasteiger partial charge in [0.15, 0.2) is 0 Å². The van der Waals surface area contributed by atoms with Crippen LogP contribution in [0, 0.1) is 10.1 Å². The molecule has 0 atom stereocenters. The van der Waals surface area contributed by atoms with Gasteiger partial charge in [-0.1, -0.05) is 18.2 Å². The third-order valence-electron chi connectivity index (χ3n) is 2.73. The van der Waals surface area contributed by atoms with Crippen molar-refractivity contribution in [2.75, 3.05) is 4.72 Å². The lowest BCUT2D eigenvalue weighted by atomic mass is 10.1. The first kappa shape index (κ1) is 15.4. The Balaban J connectivity index is 2.41. The maximum absolute atomic E-state index is 12.1. The van der Waals surface area contributed by atoms with Gasteiger partial charge in [-0.2, -0.15) is 0 Å². The Hall–Kier alpha value is -2.94. The number of hydrogen-bond donors (Lipinski definition) is 2. The summed E-state index contributed by atoms with van der Waals surface area (Å²) in [4.78, 5) is 20.9. The summed E-state index contributed by atoms with van der Waals surface area (Å²) in [6.07, 6.45) is 0. The SMILES string of the molecule is O=C(O)c1ccc(NS(=O)(=O)c2ccccc2)cc1[N+](=O)[O-]. The van der Waals surface area contributed by atoms with Gasteiger partial charge in [0.05, 0.1) is 15.5 Å². The molecule has 2 aromatic carbocycles. The second kappa shape index (κ2) is 5.82. The normalized spacial score (nSPS) is 10.9. The van der Waals surface area contributed by atoms with Crippen LogP contribution in [0.3, 0.4) is 0 Å². The van der Waals surface area contributed by atoms with E-state index in [1.54, 1.807) is 6.07 Å². The van der Waals surface area contributed by atoms with Crippen LogP contribution in [0.25, 0.3) is 0 Å². The van der Waals surface area contributed by atoms with Crippen LogP contribution in [-0.2, 0) is 10.0 Å². The molecule has 9 heteroatoms. The lowest BCUT2D eigenvalue weighted by molar-refractivity contribution is -0.385. The number of anilines is 1. The van der Waals surface area contributed by atoms with E-state index in [4.69, 9.17) is 5.11 Å². The number of nitrogens with one attached hydrogen (secondary N) is 1. The van der Waals surface area contributed by atoms with Crippen molar-refractivity contribution in [1.29, 1.82) is 0 Å². The van der Waals surface area contributed by atoms with Gasteiger partial charge in [0.25, 0.3) is 15.7 Å². The van der Waals surface area contributed by atoms with Crippen molar-refractivity contribution in [3.05, 3.63) is 64.2 Å². The van der Waals surface area contributed by atoms with E-state index in [1.165, 1.54) is 24.3 Å². The molecule has 0 fully saturated rings. The van der Waals surface area contributed by atoms with E-state index in [1.807, 2.05) is 0 Å². The highest BCUT2D eigenvalue weighted by Gasteiger charge is 2.22. The number of rotatable bonds is 5. The van der Waals surface area contributed by atoms with Crippen LogP contribution in [0.15, 0.2) is 53.4 Å². The van der Waals surface area contributed by atoms with Gasteiger partial charge in [0, 0.05) is 6.07 Å². The maximum Gasteiger partial charge on any atom is 0.342 e. The number of aromatic carboxylic acids is 1. The smallest absolute Gasteiger partial charge is 0.342 e. The highest BCUT2D eigenvalue weighted by molar-refractivity contribution is 7.92. The summed E-state index contributed by atoms with van der Waals surface area (Å²) in [6.45, 7) is 0. The minimum absolute atomic E-state index is 0.0139. The monoisotopic (exact) mass is 322 g/mol. The van der Waals surface area contributed by atoms with Crippen molar-refractivity contribution in [3.63, 3.8) is 0 Å². The molecule has 0 heterocycles. The van der Waals surface area contributed by atoms with Crippen LogP contribution in [0.4, 0.5) is 11.4 Å². The molecule has 0 aromatic heterocycles. The lowest BCUT2D eigenvalue weighted by Crippen LogP contribution is -2.13. The molecule has 114 valence electrons. The molecule has 0 amide bonds. The van der Waals surface area contributed by atoms with Crippen molar-refractivity contribution >= 4 is 27.4 Å². The number of carbonyl (C=O) groups is 1. The van der Waals surface area contributed by atoms with Crippen LogP contribution in [0.1, 0.15) is 10.4 Å². The summed E-state index contributed by atoms with van der Waals surface area (Å²) in [5.74, 6) is -1.47. The first-order valence-electron chi connectivity index (χ1n) is 5.91. The minimum atomic E-state index is -3.91. The zero-order valence-corrected chi connectivity index (χ0v) is 11.8. The average Bonchev–Trinajstić information content (AvgIpc) is 2.47. The fourth-order valence-corrected chi connectivity index (χ4v) is 2.81. The van der Waals surface area contributed by atoms with Gasteiger partial charge >= 0.3 is 5.97 Å². The first-order valence-corrected chi connectivity index (χ1v) is 7.39. The molecule has 0 unspecified atom stereocenters. The van der Waals surface area contributed by atoms with Crippen molar-refractivity contribution < 1.29 is 23.2 Å². The average molecular weight is 322 g/mol. The molecule has 0 radical (unpaired) electrons. The number of hydrogen-bond acceptors (Lipinski definition) is 5. The number of sulfonamides is 1. The van der Waals surface area contributed by atoms with Crippen molar-refractivity contribution in [2.45, 2.75) is 4.90 Å². The molecule has 0 bridgehead atoms. The first-order chi connectivity index (χ1) is 10.3. The van der Waals surface area contributed by atoms with E-state index in [0.29, 0.717) is 0 Å². The molecule has 0 aliphatic heterocycles. The van der Waals surface area contributed by atoms with Gasteiger partial charge in [-0.3, -0.25) is 14.8 Å². The minimum Gasteiger partial charge on any atom is -0.477 e. The fraction of sp³-hybridized carbons (Fsp3) is 0. The predicted octanol–water partition coefficient (Wildman–Crippen LogP) is 2.09. The van der Waals surface area contributed by atoms with Crippen molar-refractivity contribution in [3.8, 4) is 0 Å². The highest BCUT2D eigenvalue weighted by atomic mass is 32.2. The largest absolute Gasteiger partial charge is 0.477 e. The number of nitro benzene ring substituents is 1. The molecule has 22 heavy (non-hydrogen) atoms. The van der Waals surface area contributed by atoms with Gasteiger partial charge < -0.3 is 5.11 Å². The number of carboxylic acids is 1. The van der Waals surface area contributed by atoms with Gasteiger partial charge in [-0.25, -0.2) is 13.2 Å². The van der Waals surface area contributed by atoms with Crippen molar-refractivity contribution in [1.82, 2.24) is 0 Å². The number of nitrogens with zero attached hydrogens (tertiary/aromatic N) is 1. The van der Waals surface area contributed by atoms with Gasteiger partial charge in [-0.15, -0.1) is 0 Å². The molecular formula is C13H10N2O6S. The molecule has 0 saturated carbocycles. The molecule has 2 rings (SSSR count). The Morgan fingerprint density at radius 3 is 2.32 bits per heavy atom. The van der Waals surface area contributed by atoms with Crippen LogP contribution in [0.5, 0.6) is 0 Å². The second-order valence-corrected chi connectivity index (χ2v) is 5.90. The van der Waals surface area contributed by atoms with Crippen LogP contribution in [0.2, 0.25) is 0 Å². The van der Waals surface area contributed by atoms with Crippen LogP contribution in [-0.4, -0.2) is 24.4 Å². The number of nitro groups is 1. The third kappa shape index (κ3) is 3.20. The fourth-order valence-electron chi connectivity index (χ4n) is 1.74. The van der Waals surface area contributed by atoms with Crippen LogP contribution < -0.4 is 4.72 Å². The molecule has 0 aliphatic rings. The standard InChI is InChI=1S/C13H10N2O6S/c16-13(17)11-7-6-9(8-12(11)15(18)19)14-22(20,21)10-4-2-1-3-5-10/h1-8,14H,(H,16,17). The molecular weight excluding hydrogens is 312 g/mol. The van der Waals surface area contributed by atoms with Gasteiger partial charge in [0.2, 0.25) is 0 Å². The zero-order valence-electron chi connectivity index (χ0n) is 11.0. The summed E-state index contributed by atoms with van der Waals surface area (Å²) < 4.78 is 26.4. The second-order valence-electron chi connectivity index (χ2n) is 4.21. The molecule has 8 nitrogen and oxygen atoms in total. The Labute approximate surface area is 125 Å². The summed E-state index contributed by atoms with van der Waals surface area (Å²) >= 11 is 0. The summed E-state index contributed by atoms with van der Waals surface area (Å²) in [6, 6.07) is 10.4. The summed E-state index contributed by atoms with van der Waals surface area (Å²) in [5, 5.41) is 19.8. The number of benzene rings is 2. The molecule has 2 aromatic rings. The quantitative estimate of drug-likeness (QED) is 0.641. The lowest BCUT2D eigenvalue weighted by Gasteiger charge is -2.08. The Kier molecular flexibility index (Phi) is 4.08. The zero-order chi connectivity index (χ0) is 16.3. The van der Waals surface area contributed by atoms with E-state index in [0.717, 1.165) is 18.2 Å². The Bertz CT molecular complexity index is 833. The Morgan fingerprint density at radius 1 is 1.14 bits per heavy atom. The highest BCUT2D eigenvalue weighted by Crippen LogP contribution is 2.25. The van der Waals surface area contributed by atoms with Crippen molar-refractivity contribution in [2.24, 2.45) is 0 Å². The Morgan fingerprint density at radius 2 is 1.77 bits per heavy atom. The van der Waals surface area contributed by atoms with E-state index < -0.39 is 32.2 Å². The number of carboxylic acid groups (broad SMARTS) is 1. The van der Waals surface area contributed by atoms with E-state index >= 15 is 0 Å². The molecule has 0 saturated heterocycles. The molecule has 2 N–H and O–H groups in total. The van der Waals surface area contributed by atoms with Crippen LogP contribution >= 0.6 is 0 Å². The molecule has 0 spiro atoms. The van der Waals surface area contributed by atoms with E-state index in [2.05, 4.69) is 4.72 Å². The summed E-state index contributed by atoms with van der Waals surface area (Å²) in [7, 11) is -3.91. The topological polar surface area (TPSA) is 127 Å². The van der Waals surface area contributed by atoms with Gasteiger partial charge in [-0.05, 0) is 24.3 Å². The predicted molar refractivity (Wildman–Crippen MR) is 77.3 cm³/mol. The van der Waals surface area contributed by atoms with E-state index in [-0.39, 0.29) is 10.6 Å².